The molecule has 2 aliphatic carbocycles. The first-order valence-corrected chi connectivity index (χ1v) is 18.4. The molecule has 12 nitrogen and oxygen atoms in total. The summed E-state index contributed by atoms with van der Waals surface area (Å²) in [7, 11) is 1.25. The van der Waals surface area contributed by atoms with Gasteiger partial charge in [0.15, 0.2) is 11.3 Å². The number of ether oxygens (including phenoxy) is 4. The number of carbonyl (C=O) groups is 3. The molecule has 0 bridgehead atoms. The van der Waals surface area contributed by atoms with E-state index in [0.29, 0.717) is 11.8 Å². The molecule has 0 radical (unpaired) electrons. The number of methoxy groups -OCH3 is 1. The van der Waals surface area contributed by atoms with Crippen molar-refractivity contribution in [2.45, 2.75) is 103 Å². The van der Waals surface area contributed by atoms with E-state index in [0.717, 1.165) is 91.1 Å². The third-order valence-corrected chi connectivity index (χ3v) is 9.30. The number of hydrogen-bond donors (Lipinski definition) is 1. The van der Waals surface area contributed by atoms with Gasteiger partial charge in [0.05, 0.1) is 25.9 Å². The highest BCUT2D eigenvalue weighted by Gasteiger charge is 2.31. The second kappa shape index (κ2) is 18.8. The highest BCUT2D eigenvalue weighted by molar-refractivity contribution is 5.92. The summed E-state index contributed by atoms with van der Waals surface area (Å²) in [6.45, 7) is 7.24. The largest absolute Gasteiger partial charge is 0.464 e. The highest BCUT2D eigenvalue weighted by Crippen LogP contribution is 2.35. The summed E-state index contributed by atoms with van der Waals surface area (Å²) in [4.78, 5) is 52.2. The Morgan fingerprint density at radius 1 is 0.849 bits per heavy atom. The molecule has 1 atom stereocenters. The predicted molar refractivity (Wildman–Crippen MR) is 201 cm³/mol. The summed E-state index contributed by atoms with van der Waals surface area (Å²) < 4.78 is 21.3. The summed E-state index contributed by atoms with van der Waals surface area (Å²) in [5.41, 5.74) is 3.11. The van der Waals surface area contributed by atoms with Crippen LogP contribution >= 0.6 is 0 Å². The fourth-order valence-corrected chi connectivity index (χ4v) is 6.35. The Morgan fingerprint density at radius 3 is 1.91 bits per heavy atom. The van der Waals surface area contributed by atoms with E-state index < -0.39 is 17.7 Å². The molecule has 4 heterocycles. The Morgan fingerprint density at radius 2 is 1.40 bits per heavy atom. The molecule has 4 aromatic heterocycles. The van der Waals surface area contributed by atoms with Crippen molar-refractivity contribution in [2.75, 3.05) is 13.7 Å². The number of aromatic nitrogens is 4. The minimum Gasteiger partial charge on any atom is -0.464 e. The van der Waals surface area contributed by atoms with Crippen molar-refractivity contribution in [3.8, 4) is 0 Å². The lowest BCUT2D eigenvalue weighted by molar-refractivity contribution is -0.136. The van der Waals surface area contributed by atoms with E-state index in [1.807, 2.05) is 24.3 Å². The molecule has 12 heteroatoms. The van der Waals surface area contributed by atoms with Crippen molar-refractivity contribution in [3.63, 3.8) is 0 Å². The summed E-state index contributed by atoms with van der Waals surface area (Å²) in [5, 5.41) is 4.56. The summed E-state index contributed by atoms with van der Waals surface area (Å²) >= 11 is 0. The Hall–Kier alpha value is -4.81. The van der Waals surface area contributed by atoms with Crippen LogP contribution in [0.25, 0.3) is 22.1 Å². The van der Waals surface area contributed by atoms with Crippen LogP contribution in [-0.4, -0.2) is 75.9 Å². The van der Waals surface area contributed by atoms with Crippen LogP contribution in [0.3, 0.4) is 0 Å². The lowest BCUT2D eigenvalue weighted by atomic mass is 9.79. The van der Waals surface area contributed by atoms with E-state index in [9.17, 15) is 14.4 Å². The molecular weight excluding hydrogens is 674 g/mol. The Kier molecular flexibility index (Phi) is 14.0. The van der Waals surface area contributed by atoms with Crippen molar-refractivity contribution in [2.24, 2.45) is 11.8 Å². The quantitative estimate of drug-likeness (QED) is 0.0823. The first-order valence-electron chi connectivity index (χ1n) is 18.4. The van der Waals surface area contributed by atoms with E-state index >= 15 is 0 Å². The third kappa shape index (κ3) is 12.4. The molecule has 2 fully saturated rings. The van der Waals surface area contributed by atoms with Crippen LogP contribution in [0.15, 0.2) is 72.7 Å². The number of amides is 1. The zero-order valence-corrected chi connectivity index (χ0v) is 31.3. The topological polar surface area (TPSA) is 152 Å². The van der Waals surface area contributed by atoms with Crippen molar-refractivity contribution < 1.29 is 33.3 Å². The summed E-state index contributed by atoms with van der Waals surface area (Å²) in [6.07, 6.45) is 13.4. The SMILES string of the molecule is CC(C=O)OC1CC(CCc2ccc3cccnc3n2)C1.COC(=O)C(=CCOC1CC(CCc2ccc3cccnc3n2)C1)NC(=O)OC(C)(C)C. The van der Waals surface area contributed by atoms with Crippen molar-refractivity contribution in [1.82, 2.24) is 25.3 Å². The molecule has 0 saturated heterocycles. The number of nitrogens with zero attached hydrogens (tertiary/aromatic N) is 4. The van der Waals surface area contributed by atoms with Gasteiger partial charge in [-0.1, -0.05) is 0 Å². The molecule has 53 heavy (non-hydrogen) atoms. The molecule has 282 valence electrons. The van der Waals surface area contributed by atoms with Gasteiger partial charge in [-0.05, 0) is 146 Å². The van der Waals surface area contributed by atoms with Gasteiger partial charge in [-0.25, -0.2) is 29.5 Å². The van der Waals surface area contributed by atoms with Crippen LogP contribution in [0.1, 0.15) is 77.6 Å². The van der Waals surface area contributed by atoms with Gasteiger partial charge < -0.3 is 23.7 Å². The molecule has 6 rings (SSSR count). The van der Waals surface area contributed by atoms with Crippen molar-refractivity contribution in [3.05, 3.63) is 84.1 Å². The molecule has 0 aromatic carbocycles. The minimum atomic E-state index is -0.713. The fraction of sp³-hybridized carbons (Fsp3) is 0.488. The minimum absolute atomic E-state index is 0.00797. The number of aldehydes is 1. The maximum Gasteiger partial charge on any atom is 0.412 e. The Labute approximate surface area is 311 Å². The molecule has 4 aromatic rings. The van der Waals surface area contributed by atoms with E-state index in [-0.39, 0.29) is 30.6 Å². The Bertz CT molecular complexity index is 1860. The second-order valence-corrected chi connectivity index (χ2v) is 14.7. The number of alkyl carbamates (subject to hydrolysis) is 1. The molecule has 1 amide bonds. The van der Waals surface area contributed by atoms with Crippen LogP contribution in [0.5, 0.6) is 0 Å². The van der Waals surface area contributed by atoms with Gasteiger partial charge in [0, 0.05) is 34.6 Å². The fourth-order valence-electron chi connectivity index (χ4n) is 6.35. The van der Waals surface area contributed by atoms with Gasteiger partial charge in [0.1, 0.15) is 23.7 Å². The maximum atomic E-state index is 11.9. The van der Waals surface area contributed by atoms with Gasteiger partial charge >= 0.3 is 12.1 Å². The number of pyridine rings is 4. The lowest BCUT2D eigenvalue weighted by Crippen LogP contribution is -2.35. The molecular formula is C41H51N5O7. The standard InChI is InChI=1S/C24H31N3O5.C17H20N2O2/c1-24(2,3)32-23(29)27-20(22(28)30-4)11-13-31-19-14-16(15-19)7-9-18-10-8-17-6-5-12-25-21(17)26-18;1-12(11-20)21-16-9-13(10-16)4-6-15-7-5-14-3-2-8-18-17(14)19-15/h5-6,8,10-12,16,19H,7,9,13-15H2,1-4H3,(H,27,29);2-3,5,7-8,11-13,16H,4,6,9-10H2,1H3. The average Bonchev–Trinajstić information content (AvgIpc) is 3.11. The number of nitrogens with one attached hydrogen (secondary N) is 1. The van der Waals surface area contributed by atoms with Gasteiger partial charge in [-0.3, -0.25) is 5.32 Å². The lowest BCUT2D eigenvalue weighted by Gasteiger charge is -2.36. The normalized spacial score (nSPS) is 20.3. The van der Waals surface area contributed by atoms with Crippen LogP contribution in [0, 0.1) is 11.8 Å². The van der Waals surface area contributed by atoms with Gasteiger partial charge in [0.25, 0.3) is 0 Å². The number of esters is 1. The van der Waals surface area contributed by atoms with Crippen LogP contribution in [-0.2, 0) is 41.4 Å². The molecule has 2 saturated carbocycles. The molecule has 0 spiro atoms. The zero-order chi connectivity index (χ0) is 37.8. The monoisotopic (exact) mass is 725 g/mol. The second-order valence-electron chi connectivity index (χ2n) is 14.7. The number of hydrogen-bond acceptors (Lipinski definition) is 11. The van der Waals surface area contributed by atoms with Gasteiger partial charge in [-0.15, -0.1) is 0 Å². The predicted octanol–water partition coefficient (Wildman–Crippen LogP) is 6.88. The van der Waals surface area contributed by atoms with Crippen molar-refractivity contribution >= 4 is 40.4 Å². The number of fused-ring (bicyclic) bond motifs is 2. The van der Waals surface area contributed by atoms with Crippen LogP contribution in [0.4, 0.5) is 4.79 Å². The maximum absolute atomic E-state index is 11.9. The Balaban J connectivity index is 0.000000222. The first kappa shape index (κ1) is 39.4. The van der Waals surface area contributed by atoms with Crippen molar-refractivity contribution in [1.29, 1.82) is 0 Å². The van der Waals surface area contributed by atoms with Gasteiger partial charge in [0.2, 0.25) is 0 Å². The van der Waals surface area contributed by atoms with Gasteiger partial charge in [-0.2, -0.15) is 0 Å². The molecule has 0 aliphatic heterocycles. The third-order valence-electron chi connectivity index (χ3n) is 9.30. The van der Waals surface area contributed by atoms with Crippen LogP contribution in [0.2, 0.25) is 0 Å². The molecule has 1 N–H and O–H groups in total. The highest BCUT2D eigenvalue weighted by atomic mass is 16.6. The smallest absolute Gasteiger partial charge is 0.412 e. The first-order chi connectivity index (χ1) is 25.5. The van der Waals surface area contributed by atoms with E-state index in [2.05, 4.69) is 49.5 Å². The van der Waals surface area contributed by atoms with E-state index in [1.54, 1.807) is 40.1 Å². The van der Waals surface area contributed by atoms with Crippen LogP contribution < -0.4 is 5.32 Å². The van der Waals surface area contributed by atoms with E-state index in [1.165, 1.54) is 13.2 Å². The number of carbonyl (C=O) groups excluding carboxylic acids is 3. The summed E-state index contributed by atoms with van der Waals surface area (Å²) in [6, 6.07) is 16.2. The summed E-state index contributed by atoms with van der Waals surface area (Å²) in [5.74, 6) is 0.628. The number of aryl methyl sites for hydroxylation is 2. The average molecular weight is 726 g/mol. The molecule has 1 unspecified atom stereocenters. The molecule has 2 aliphatic rings. The number of rotatable bonds is 14. The van der Waals surface area contributed by atoms with E-state index in [4.69, 9.17) is 18.9 Å². The zero-order valence-electron chi connectivity index (χ0n) is 31.3.